The van der Waals surface area contributed by atoms with Crippen molar-refractivity contribution in [1.82, 2.24) is 4.90 Å². The molecule has 0 spiro atoms. The van der Waals surface area contributed by atoms with Gasteiger partial charge in [-0.1, -0.05) is 30.3 Å². The molecule has 2 rings (SSSR count). The molecule has 1 fully saturated rings. The molecule has 1 saturated heterocycles. The summed E-state index contributed by atoms with van der Waals surface area (Å²) in [6, 6.07) is 11.0. The molecular weight excluding hydrogens is 214 g/mol. The SMILES string of the molecule is C[C@H]1[C@@H](c2ccccc2)CCN1CCC(=O)O. The lowest BCUT2D eigenvalue weighted by Gasteiger charge is -2.24. The molecule has 3 nitrogen and oxygen atoms in total. The summed E-state index contributed by atoms with van der Waals surface area (Å²) in [5.41, 5.74) is 1.37. The lowest BCUT2D eigenvalue weighted by molar-refractivity contribution is -0.137. The van der Waals surface area contributed by atoms with Crippen molar-refractivity contribution in [3.8, 4) is 0 Å². The first-order chi connectivity index (χ1) is 8.18. The summed E-state index contributed by atoms with van der Waals surface area (Å²) in [6.45, 7) is 3.88. The minimum Gasteiger partial charge on any atom is -0.481 e. The molecule has 0 radical (unpaired) electrons. The summed E-state index contributed by atoms with van der Waals surface area (Å²) < 4.78 is 0. The number of carboxylic acid groups (broad SMARTS) is 1. The summed E-state index contributed by atoms with van der Waals surface area (Å²) in [7, 11) is 0. The summed E-state index contributed by atoms with van der Waals surface area (Å²) >= 11 is 0. The van der Waals surface area contributed by atoms with Crippen molar-refractivity contribution in [2.24, 2.45) is 0 Å². The van der Waals surface area contributed by atoms with Gasteiger partial charge in [-0.25, -0.2) is 0 Å². The van der Waals surface area contributed by atoms with Crippen LogP contribution in [0.25, 0.3) is 0 Å². The van der Waals surface area contributed by atoms with Crippen molar-refractivity contribution in [1.29, 1.82) is 0 Å². The summed E-state index contributed by atoms with van der Waals surface area (Å²) in [5, 5.41) is 8.72. The second kappa shape index (κ2) is 5.32. The third-order valence-electron chi connectivity index (χ3n) is 3.73. The molecule has 1 N–H and O–H groups in total. The van der Waals surface area contributed by atoms with E-state index in [1.165, 1.54) is 5.56 Å². The molecule has 0 aliphatic carbocycles. The maximum absolute atomic E-state index is 10.6. The van der Waals surface area contributed by atoms with Crippen LogP contribution in [0.3, 0.4) is 0 Å². The minimum atomic E-state index is -0.708. The molecule has 1 aliphatic heterocycles. The molecule has 2 atom stereocenters. The first-order valence-electron chi connectivity index (χ1n) is 6.19. The zero-order chi connectivity index (χ0) is 12.3. The number of nitrogens with zero attached hydrogens (tertiary/aromatic N) is 1. The topological polar surface area (TPSA) is 40.5 Å². The van der Waals surface area contributed by atoms with Crippen molar-refractivity contribution in [3.05, 3.63) is 35.9 Å². The van der Waals surface area contributed by atoms with E-state index in [1.807, 2.05) is 6.07 Å². The maximum Gasteiger partial charge on any atom is 0.304 e. The third-order valence-corrected chi connectivity index (χ3v) is 3.73. The quantitative estimate of drug-likeness (QED) is 0.867. The number of likely N-dealkylation sites (tertiary alicyclic amines) is 1. The highest BCUT2D eigenvalue weighted by atomic mass is 16.4. The zero-order valence-corrected chi connectivity index (χ0v) is 10.2. The molecule has 3 heteroatoms. The average molecular weight is 233 g/mol. The molecule has 1 aliphatic rings. The standard InChI is InChI=1S/C14H19NO2/c1-11-13(12-5-3-2-4-6-12)7-9-15(11)10-8-14(16)17/h2-6,11,13H,7-10H2,1H3,(H,16,17)/t11-,13-/m0/s1. The molecule has 1 heterocycles. The van der Waals surface area contributed by atoms with Crippen LogP contribution in [0.5, 0.6) is 0 Å². The van der Waals surface area contributed by atoms with Crippen molar-refractivity contribution < 1.29 is 9.90 Å². The monoisotopic (exact) mass is 233 g/mol. The van der Waals surface area contributed by atoms with Crippen molar-refractivity contribution in [2.45, 2.75) is 31.7 Å². The van der Waals surface area contributed by atoms with E-state index in [0.29, 0.717) is 18.5 Å². The Balaban J connectivity index is 1.98. The molecule has 0 amide bonds. The minimum absolute atomic E-state index is 0.242. The van der Waals surface area contributed by atoms with Crippen molar-refractivity contribution in [3.63, 3.8) is 0 Å². The molecule has 0 saturated carbocycles. The first-order valence-corrected chi connectivity index (χ1v) is 6.19. The largest absolute Gasteiger partial charge is 0.481 e. The van der Waals surface area contributed by atoms with Gasteiger partial charge in [0.25, 0.3) is 0 Å². The van der Waals surface area contributed by atoms with Gasteiger partial charge in [-0.05, 0) is 25.5 Å². The van der Waals surface area contributed by atoms with Gasteiger partial charge in [0.2, 0.25) is 0 Å². The number of aliphatic carboxylic acids is 1. The van der Waals surface area contributed by atoms with Crippen LogP contribution >= 0.6 is 0 Å². The van der Waals surface area contributed by atoms with Crippen LogP contribution in [0.1, 0.15) is 31.2 Å². The normalized spacial score (nSPS) is 25.0. The van der Waals surface area contributed by atoms with E-state index in [0.717, 1.165) is 13.0 Å². The second-order valence-corrected chi connectivity index (χ2v) is 4.73. The second-order valence-electron chi connectivity index (χ2n) is 4.73. The van der Waals surface area contributed by atoms with Gasteiger partial charge in [0, 0.05) is 18.5 Å². The molecule has 0 unspecified atom stereocenters. The van der Waals surface area contributed by atoms with E-state index in [2.05, 4.69) is 36.1 Å². The van der Waals surface area contributed by atoms with Crippen LogP contribution in [0.2, 0.25) is 0 Å². The van der Waals surface area contributed by atoms with E-state index in [-0.39, 0.29) is 6.42 Å². The number of carboxylic acids is 1. The van der Waals surface area contributed by atoms with Gasteiger partial charge in [-0.3, -0.25) is 9.69 Å². The van der Waals surface area contributed by atoms with E-state index in [4.69, 9.17) is 5.11 Å². The first kappa shape index (κ1) is 12.1. The van der Waals surface area contributed by atoms with E-state index in [9.17, 15) is 4.79 Å². The van der Waals surface area contributed by atoms with E-state index < -0.39 is 5.97 Å². The van der Waals surface area contributed by atoms with Gasteiger partial charge < -0.3 is 5.11 Å². The Morgan fingerprint density at radius 3 is 2.76 bits per heavy atom. The van der Waals surface area contributed by atoms with Gasteiger partial charge in [0.05, 0.1) is 6.42 Å². The molecule has 0 bridgehead atoms. The van der Waals surface area contributed by atoms with Crippen LogP contribution in [0.4, 0.5) is 0 Å². The number of hydrogen-bond donors (Lipinski definition) is 1. The smallest absolute Gasteiger partial charge is 0.304 e. The Morgan fingerprint density at radius 2 is 2.12 bits per heavy atom. The fourth-order valence-corrected chi connectivity index (χ4v) is 2.70. The molecule has 92 valence electrons. The molecule has 1 aromatic rings. The Kier molecular flexibility index (Phi) is 3.79. The van der Waals surface area contributed by atoms with Crippen LogP contribution < -0.4 is 0 Å². The lowest BCUT2D eigenvalue weighted by Crippen LogP contribution is -2.31. The van der Waals surface area contributed by atoms with E-state index in [1.54, 1.807) is 0 Å². The fraction of sp³-hybridized carbons (Fsp3) is 0.500. The zero-order valence-electron chi connectivity index (χ0n) is 10.2. The van der Waals surface area contributed by atoms with Crippen LogP contribution in [0.15, 0.2) is 30.3 Å². The fourth-order valence-electron chi connectivity index (χ4n) is 2.70. The Hall–Kier alpha value is -1.35. The van der Waals surface area contributed by atoms with Crippen molar-refractivity contribution >= 4 is 5.97 Å². The highest BCUT2D eigenvalue weighted by Crippen LogP contribution is 2.32. The third kappa shape index (κ3) is 2.86. The highest BCUT2D eigenvalue weighted by molar-refractivity contribution is 5.66. The highest BCUT2D eigenvalue weighted by Gasteiger charge is 2.31. The number of rotatable bonds is 4. The van der Waals surface area contributed by atoms with Crippen LogP contribution in [0, 0.1) is 0 Å². The van der Waals surface area contributed by atoms with Gasteiger partial charge in [0.1, 0.15) is 0 Å². The number of hydrogen-bond acceptors (Lipinski definition) is 2. The molecule has 1 aromatic carbocycles. The van der Waals surface area contributed by atoms with Crippen molar-refractivity contribution in [2.75, 3.05) is 13.1 Å². The van der Waals surface area contributed by atoms with Gasteiger partial charge in [-0.2, -0.15) is 0 Å². The molecule has 0 aromatic heterocycles. The predicted octanol–water partition coefficient (Wildman–Crippen LogP) is 2.34. The molecule has 17 heavy (non-hydrogen) atoms. The summed E-state index contributed by atoms with van der Waals surface area (Å²) in [5.74, 6) is -0.162. The van der Waals surface area contributed by atoms with Gasteiger partial charge in [-0.15, -0.1) is 0 Å². The number of benzene rings is 1. The van der Waals surface area contributed by atoms with Gasteiger partial charge >= 0.3 is 5.97 Å². The van der Waals surface area contributed by atoms with Crippen LogP contribution in [-0.4, -0.2) is 35.1 Å². The predicted molar refractivity (Wildman–Crippen MR) is 67.1 cm³/mol. The summed E-state index contributed by atoms with van der Waals surface area (Å²) in [6.07, 6.45) is 1.37. The average Bonchev–Trinajstić information content (AvgIpc) is 2.69. The maximum atomic E-state index is 10.6. The van der Waals surface area contributed by atoms with E-state index >= 15 is 0 Å². The van der Waals surface area contributed by atoms with Gasteiger partial charge in [0.15, 0.2) is 0 Å². The lowest BCUT2D eigenvalue weighted by atomic mass is 9.93. The number of carbonyl (C=O) groups is 1. The molecular formula is C14H19NO2. The Morgan fingerprint density at radius 1 is 1.41 bits per heavy atom. The van der Waals surface area contributed by atoms with Crippen LogP contribution in [-0.2, 0) is 4.79 Å². The Bertz CT molecular complexity index is 377. The summed E-state index contributed by atoms with van der Waals surface area (Å²) in [4.78, 5) is 12.9. The Labute approximate surface area is 102 Å².